The van der Waals surface area contributed by atoms with Crippen molar-refractivity contribution in [1.82, 2.24) is 15.0 Å². The Balaban J connectivity index is 2.84. The van der Waals surface area contributed by atoms with Gasteiger partial charge in [0, 0.05) is 6.04 Å². The van der Waals surface area contributed by atoms with E-state index in [4.69, 9.17) is 0 Å². The first-order valence-corrected chi connectivity index (χ1v) is 4.25. The Kier molecular flexibility index (Phi) is 2.63. The molecule has 66 valence electrons. The van der Waals surface area contributed by atoms with Gasteiger partial charge < -0.3 is 0 Å². The monoisotopic (exact) mass is 165 g/mol. The molecule has 0 fully saturated rings. The van der Waals surface area contributed by atoms with Gasteiger partial charge >= 0.3 is 0 Å². The van der Waals surface area contributed by atoms with Gasteiger partial charge in [0.05, 0.1) is 6.20 Å². The third-order valence-corrected chi connectivity index (χ3v) is 1.83. The highest BCUT2D eigenvalue weighted by Crippen LogP contribution is 2.13. The Hall–Kier alpha value is -1.12. The largest absolute Gasteiger partial charge is 0.249 e. The predicted molar refractivity (Wildman–Crippen MR) is 49.7 cm³/mol. The van der Waals surface area contributed by atoms with E-state index in [0.29, 0.717) is 6.04 Å². The zero-order valence-corrected chi connectivity index (χ0v) is 7.91. The van der Waals surface area contributed by atoms with Gasteiger partial charge in [0.15, 0.2) is 0 Å². The molecule has 12 heavy (non-hydrogen) atoms. The molecule has 0 radical (unpaired) electrons. The summed E-state index contributed by atoms with van der Waals surface area (Å²) < 4.78 is 1.84. The quantitative estimate of drug-likeness (QED) is 0.688. The molecular formula is C9H15N3. The molecule has 3 nitrogen and oxygen atoms in total. The number of nitrogens with zero attached hydrogens (tertiary/aromatic N) is 3. The molecule has 0 aliphatic heterocycles. The van der Waals surface area contributed by atoms with Crippen molar-refractivity contribution in [2.45, 2.75) is 33.2 Å². The first-order valence-electron chi connectivity index (χ1n) is 4.25. The lowest BCUT2D eigenvalue weighted by molar-refractivity contribution is 0.514. The van der Waals surface area contributed by atoms with E-state index in [1.807, 2.05) is 10.9 Å². The molecule has 3 heteroatoms. The summed E-state index contributed by atoms with van der Waals surface area (Å²) in [5, 5.41) is 8.01. The Morgan fingerprint density at radius 3 is 2.75 bits per heavy atom. The van der Waals surface area contributed by atoms with Crippen molar-refractivity contribution in [2.24, 2.45) is 0 Å². The molecule has 0 aliphatic rings. The SMILES string of the molecule is C=C(CC)c1cn(C(C)C)nn1. The topological polar surface area (TPSA) is 30.7 Å². The summed E-state index contributed by atoms with van der Waals surface area (Å²) in [6.07, 6.45) is 2.87. The van der Waals surface area contributed by atoms with E-state index in [9.17, 15) is 0 Å². The van der Waals surface area contributed by atoms with Crippen molar-refractivity contribution in [2.75, 3.05) is 0 Å². The van der Waals surface area contributed by atoms with Crippen molar-refractivity contribution in [3.05, 3.63) is 18.5 Å². The van der Waals surface area contributed by atoms with E-state index in [0.717, 1.165) is 17.7 Å². The third kappa shape index (κ3) is 1.72. The van der Waals surface area contributed by atoms with Crippen LogP contribution in [-0.2, 0) is 0 Å². The van der Waals surface area contributed by atoms with Crippen molar-refractivity contribution in [3.8, 4) is 0 Å². The standard InChI is InChI=1S/C9H15N3/c1-5-8(4)9-6-12(7(2)3)11-10-9/h6-7H,4-5H2,1-3H3. The van der Waals surface area contributed by atoms with Crippen LogP contribution in [0.5, 0.6) is 0 Å². The molecule has 0 saturated carbocycles. The van der Waals surface area contributed by atoms with Crippen LogP contribution >= 0.6 is 0 Å². The Morgan fingerprint density at radius 1 is 1.67 bits per heavy atom. The van der Waals surface area contributed by atoms with Gasteiger partial charge in [0.1, 0.15) is 5.69 Å². The summed E-state index contributed by atoms with van der Waals surface area (Å²) in [4.78, 5) is 0. The Morgan fingerprint density at radius 2 is 2.33 bits per heavy atom. The van der Waals surface area contributed by atoms with Gasteiger partial charge in [-0.1, -0.05) is 18.7 Å². The van der Waals surface area contributed by atoms with Gasteiger partial charge in [-0.2, -0.15) is 0 Å². The van der Waals surface area contributed by atoms with E-state index in [1.54, 1.807) is 0 Å². The molecule has 0 spiro atoms. The summed E-state index contributed by atoms with van der Waals surface area (Å²) >= 11 is 0. The number of hydrogen-bond acceptors (Lipinski definition) is 2. The molecular weight excluding hydrogens is 150 g/mol. The molecule has 1 aromatic rings. The van der Waals surface area contributed by atoms with Crippen LogP contribution in [0.3, 0.4) is 0 Å². The minimum absolute atomic E-state index is 0.371. The highest BCUT2D eigenvalue weighted by atomic mass is 15.4. The third-order valence-electron chi connectivity index (χ3n) is 1.83. The van der Waals surface area contributed by atoms with Crippen LogP contribution in [-0.4, -0.2) is 15.0 Å². The zero-order valence-electron chi connectivity index (χ0n) is 7.91. The molecule has 1 rings (SSSR count). The second kappa shape index (κ2) is 3.52. The average molecular weight is 165 g/mol. The molecule has 0 unspecified atom stereocenters. The molecule has 0 bridgehead atoms. The van der Waals surface area contributed by atoms with Crippen LogP contribution in [0.2, 0.25) is 0 Å². The molecule has 0 saturated heterocycles. The Labute approximate surface area is 73.1 Å². The van der Waals surface area contributed by atoms with Crippen LogP contribution in [0, 0.1) is 0 Å². The van der Waals surface area contributed by atoms with Crippen LogP contribution < -0.4 is 0 Å². The minimum Gasteiger partial charge on any atom is -0.249 e. The van der Waals surface area contributed by atoms with E-state index in [1.165, 1.54) is 0 Å². The summed E-state index contributed by atoms with van der Waals surface area (Å²) in [5.41, 5.74) is 1.95. The van der Waals surface area contributed by atoms with Gasteiger partial charge in [-0.05, 0) is 25.8 Å². The maximum Gasteiger partial charge on any atom is 0.108 e. The lowest BCUT2D eigenvalue weighted by atomic mass is 10.2. The fourth-order valence-corrected chi connectivity index (χ4v) is 0.872. The average Bonchev–Trinajstić information content (AvgIpc) is 2.51. The number of rotatable bonds is 3. The maximum absolute atomic E-state index is 4.02. The molecule has 0 atom stereocenters. The lowest BCUT2D eigenvalue weighted by Gasteiger charge is -2.01. The minimum atomic E-state index is 0.371. The first-order chi connectivity index (χ1) is 5.65. The summed E-state index contributed by atoms with van der Waals surface area (Å²) in [5.74, 6) is 0. The van der Waals surface area contributed by atoms with Crippen molar-refractivity contribution in [3.63, 3.8) is 0 Å². The predicted octanol–water partition coefficient (Wildman–Crippen LogP) is 2.28. The van der Waals surface area contributed by atoms with Crippen molar-refractivity contribution in [1.29, 1.82) is 0 Å². The van der Waals surface area contributed by atoms with Crippen LogP contribution in [0.1, 0.15) is 38.9 Å². The van der Waals surface area contributed by atoms with Crippen LogP contribution in [0.25, 0.3) is 5.57 Å². The lowest BCUT2D eigenvalue weighted by Crippen LogP contribution is -2.00. The van der Waals surface area contributed by atoms with Gasteiger partial charge in [-0.3, -0.25) is 0 Å². The van der Waals surface area contributed by atoms with Crippen LogP contribution in [0.15, 0.2) is 12.8 Å². The number of hydrogen-bond donors (Lipinski definition) is 0. The van der Waals surface area contributed by atoms with E-state index >= 15 is 0 Å². The Bertz CT molecular complexity index is 273. The van der Waals surface area contributed by atoms with Gasteiger partial charge in [0.2, 0.25) is 0 Å². The molecule has 0 N–H and O–H groups in total. The zero-order chi connectivity index (χ0) is 9.14. The van der Waals surface area contributed by atoms with E-state index in [2.05, 4.69) is 37.7 Å². The molecule has 0 amide bonds. The van der Waals surface area contributed by atoms with Gasteiger partial charge in [-0.25, -0.2) is 4.68 Å². The fourth-order valence-electron chi connectivity index (χ4n) is 0.872. The summed E-state index contributed by atoms with van der Waals surface area (Å²) in [6, 6.07) is 0.371. The molecule has 1 aromatic heterocycles. The second-order valence-corrected chi connectivity index (χ2v) is 3.13. The number of aromatic nitrogens is 3. The van der Waals surface area contributed by atoms with E-state index < -0.39 is 0 Å². The molecule has 0 aliphatic carbocycles. The van der Waals surface area contributed by atoms with Gasteiger partial charge in [0.25, 0.3) is 0 Å². The second-order valence-electron chi connectivity index (χ2n) is 3.13. The molecule has 1 heterocycles. The van der Waals surface area contributed by atoms with Gasteiger partial charge in [-0.15, -0.1) is 5.10 Å². The number of allylic oxidation sites excluding steroid dienone is 1. The molecule has 0 aromatic carbocycles. The van der Waals surface area contributed by atoms with E-state index in [-0.39, 0.29) is 0 Å². The normalized spacial score (nSPS) is 10.7. The summed E-state index contributed by atoms with van der Waals surface area (Å²) in [7, 11) is 0. The fraction of sp³-hybridized carbons (Fsp3) is 0.556. The van der Waals surface area contributed by atoms with Crippen molar-refractivity contribution < 1.29 is 0 Å². The highest BCUT2D eigenvalue weighted by molar-refractivity contribution is 5.58. The first kappa shape index (κ1) is 8.97. The summed E-state index contributed by atoms with van der Waals surface area (Å²) in [6.45, 7) is 10.1. The van der Waals surface area contributed by atoms with Crippen molar-refractivity contribution >= 4 is 5.57 Å². The smallest absolute Gasteiger partial charge is 0.108 e. The van der Waals surface area contributed by atoms with Crippen LogP contribution in [0.4, 0.5) is 0 Å². The maximum atomic E-state index is 4.02. The highest BCUT2D eigenvalue weighted by Gasteiger charge is 2.04.